The average Bonchev–Trinajstić information content (AvgIpc) is 2.96. The first-order chi connectivity index (χ1) is 16.5. The summed E-state index contributed by atoms with van der Waals surface area (Å²) in [6.45, 7) is 1.60. The van der Waals surface area contributed by atoms with Gasteiger partial charge in [0.2, 0.25) is 11.8 Å². The maximum Gasteiger partial charge on any atom is 0.340 e. The van der Waals surface area contributed by atoms with Crippen molar-refractivity contribution in [3.63, 3.8) is 0 Å². The zero-order valence-electron chi connectivity index (χ0n) is 18.3. The van der Waals surface area contributed by atoms with Gasteiger partial charge in [0.05, 0.1) is 30.0 Å². The van der Waals surface area contributed by atoms with Crippen molar-refractivity contribution >= 4 is 52.3 Å². The monoisotopic (exact) mass is 476 g/mol. The molecule has 0 unspecified atom stereocenters. The summed E-state index contributed by atoms with van der Waals surface area (Å²) >= 11 is 6.12. The molecule has 1 N–H and O–H groups in total. The molecular formula is C25H21ClN4O4. The van der Waals surface area contributed by atoms with Gasteiger partial charge in [-0.25, -0.2) is 14.8 Å². The molecule has 34 heavy (non-hydrogen) atoms. The van der Waals surface area contributed by atoms with Gasteiger partial charge < -0.3 is 10.1 Å². The lowest BCUT2D eigenvalue weighted by molar-refractivity contribution is -0.120. The maximum absolute atomic E-state index is 13.2. The molecule has 1 aliphatic heterocycles. The lowest BCUT2D eigenvalue weighted by Crippen LogP contribution is -2.39. The Kier molecular flexibility index (Phi) is 6.98. The molecule has 0 saturated carbocycles. The van der Waals surface area contributed by atoms with E-state index in [1.807, 2.05) is 6.07 Å². The number of benzene rings is 2. The van der Waals surface area contributed by atoms with Crippen LogP contribution in [0.1, 0.15) is 29.3 Å². The van der Waals surface area contributed by atoms with Crippen LogP contribution in [0.15, 0.2) is 71.9 Å². The van der Waals surface area contributed by atoms with Crippen LogP contribution in [0.4, 0.5) is 17.2 Å². The molecule has 8 nitrogen and oxygen atoms in total. The van der Waals surface area contributed by atoms with Crippen molar-refractivity contribution in [1.82, 2.24) is 4.98 Å². The van der Waals surface area contributed by atoms with Gasteiger partial charge in [0.1, 0.15) is 12.2 Å². The standard InChI is InChI=1S/C25H21ClN4O4/c1-2-34-25(33)18-9-3-4-10-19(18)29-22(31)15-30-23(32)14-21(16-7-5-8-17(26)13-16)28-20-11-6-12-27-24(20)30/h3-13H,2,14-15H2,1H3,(H,29,31). The van der Waals surface area contributed by atoms with Gasteiger partial charge in [-0.3, -0.25) is 14.5 Å². The number of anilines is 2. The summed E-state index contributed by atoms with van der Waals surface area (Å²) < 4.78 is 5.05. The smallest absolute Gasteiger partial charge is 0.340 e. The third kappa shape index (κ3) is 5.13. The SMILES string of the molecule is CCOC(=O)c1ccccc1NC(=O)CN1C(=O)CC(c2cccc(Cl)c2)=Nc2cccnc21. The first-order valence-corrected chi connectivity index (χ1v) is 11.0. The molecule has 0 fully saturated rings. The summed E-state index contributed by atoms with van der Waals surface area (Å²) in [5.74, 6) is -1.10. The number of pyridine rings is 1. The number of halogens is 1. The van der Waals surface area contributed by atoms with Crippen molar-refractivity contribution in [2.24, 2.45) is 4.99 Å². The molecule has 0 spiro atoms. The summed E-state index contributed by atoms with van der Waals surface area (Å²) in [5.41, 5.74) is 2.22. The van der Waals surface area contributed by atoms with Crippen molar-refractivity contribution in [1.29, 1.82) is 0 Å². The lowest BCUT2D eigenvalue weighted by Gasteiger charge is -2.21. The third-order valence-corrected chi connectivity index (χ3v) is 5.29. The van der Waals surface area contributed by atoms with Gasteiger partial charge in [-0.05, 0) is 48.9 Å². The number of carbonyl (C=O) groups is 3. The summed E-state index contributed by atoms with van der Waals surface area (Å²) in [6.07, 6.45) is 1.50. The molecule has 0 saturated heterocycles. The number of carbonyl (C=O) groups excluding carboxylic acids is 3. The average molecular weight is 477 g/mol. The first kappa shape index (κ1) is 23.1. The Labute approximate surface area is 201 Å². The molecular weight excluding hydrogens is 456 g/mol. The van der Waals surface area contributed by atoms with Crippen molar-refractivity contribution < 1.29 is 19.1 Å². The molecule has 4 rings (SSSR count). The topological polar surface area (TPSA) is 101 Å². The van der Waals surface area contributed by atoms with E-state index in [9.17, 15) is 14.4 Å². The van der Waals surface area contributed by atoms with E-state index in [4.69, 9.17) is 16.3 Å². The number of aliphatic imine (C=N–C) groups is 1. The van der Waals surface area contributed by atoms with Crippen LogP contribution in [0.25, 0.3) is 0 Å². The molecule has 0 aliphatic carbocycles. The second-order valence-electron chi connectivity index (χ2n) is 7.39. The van der Waals surface area contributed by atoms with E-state index in [0.717, 1.165) is 0 Å². The molecule has 0 radical (unpaired) electrons. The number of esters is 1. The van der Waals surface area contributed by atoms with Gasteiger partial charge >= 0.3 is 5.97 Å². The predicted molar refractivity (Wildman–Crippen MR) is 130 cm³/mol. The van der Waals surface area contributed by atoms with E-state index in [0.29, 0.717) is 27.7 Å². The first-order valence-electron chi connectivity index (χ1n) is 10.6. The molecule has 2 amide bonds. The van der Waals surface area contributed by atoms with Crippen LogP contribution in [0.2, 0.25) is 5.02 Å². The highest BCUT2D eigenvalue weighted by molar-refractivity contribution is 6.31. The Morgan fingerprint density at radius 1 is 1.12 bits per heavy atom. The van der Waals surface area contributed by atoms with E-state index < -0.39 is 11.9 Å². The number of rotatable bonds is 6. The molecule has 2 aromatic carbocycles. The zero-order valence-corrected chi connectivity index (χ0v) is 19.1. The van der Waals surface area contributed by atoms with Crippen LogP contribution in [-0.2, 0) is 14.3 Å². The van der Waals surface area contributed by atoms with Crippen LogP contribution in [0.3, 0.4) is 0 Å². The number of amides is 2. The predicted octanol–water partition coefficient (Wildman–Crippen LogP) is 4.41. The van der Waals surface area contributed by atoms with Crippen LogP contribution in [-0.4, -0.2) is 41.6 Å². The van der Waals surface area contributed by atoms with Crippen LogP contribution >= 0.6 is 11.6 Å². The number of nitrogens with one attached hydrogen (secondary N) is 1. The van der Waals surface area contributed by atoms with Crippen molar-refractivity contribution in [2.45, 2.75) is 13.3 Å². The van der Waals surface area contributed by atoms with Gasteiger partial charge in [0.25, 0.3) is 0 Å². The Hall–Kier alpha value is -4.04. The number of hydrogen-bond acceptors (Lipinski definition) is 6. The summed E-state index contributed by atoms with van der Waals surface area (Å²) in [4.78, 5) is 48.6. The molecule has 0 atom stereocenters. The van der Waals surface area contributed by atoms with Crippen molar-refractivity contribution in [2.75, 3.05) is 23.4 Å². The van der Waals surface area contributed by atoms with E-state index in [-0.39, 0.29) is 36.9 Å². The summed E-state index contributed by atoms with van der Waals surface area (Å²) in [7, 11) is 0. The molecule has 2 heterocycles. The molecule has 3 aromatic rings. The minimum Gasteiger partial charge on any atom is -0.462 e. The zero-order chi connectivity index (χ0) is 24.1. The summed E-state index contributed by atoms with van der Waals surface area (Å²) in [5, 5.41) is 3.23. The van der Waals surface area contributed by atoms with Crippen molar-refractivity contribution in [3.05, 3.63) is 83.0 Å². The fraction of sp³-hybridized carbons (Fsp3) is 0.160. The van der Waals surface area contributed by atoms with Gasteiger partial charge in [-0.2, -0.15) is 0 Å². The Morgan fingerprint density at radius 2 is 1.94 bits per heavy atom. The van der Waals surface area contributed by atoms with Crippen LogP contribution in [0.5, 0.6) is 0 Å². The fourth-order valence-electron chi connectivity index (χ4n) is 3.54. The molecule has 1 aromatic heterocycles. The number of nitrogens with zero attached hydrogens (tertiary/aromatic N) is 3. The number of para-hydroxylation sites is 1. The normalized spacial score (nSPS) is 12.9. The molecule has 1 aliphatic rings. The van der Waals surface area contributed by atoms with E-state index in [2.05, 4.69) is 15.3 Å². The highest BCUT2D eigenvalue weighted by Gasteiger charge is 2.28. The highest BCUT2D eigenvalue weighted by atomic mass is 35.5. The van der Waals surface area contributed by atoms with Crippen LogP contribution in [0, 0.1) is 0 Å². The van der Waals surface area contributed by atoms with Crippen LogP contribution < -0.4 is 10.2 Å². The van der Waals surface area contributed by atoms with E-state index >= 15 is 0 Å². The maximum atomic E-state index is 13.2. The molecule has 9 heteroatoms. The largest absolute Gasteiger partial charge is 0.462 e. The number of hydrogen-bond donors (Lipinski definition) is 1. The van der Waals surface area contributed by atoms with Gasteiger partial charge in [-0.15, -0.1) is 0 Å². The molecule has 0 bridgehead atoms. The minimum absolute atomic E-state index is 0.0383. The van der Waals surface area contributed by atoms with Crippen molar-refractivity contribution in [3.8, 4) is 0 Å². The summed E-state index contributed by atoms with van der Waals surface area (Å²) in [6, 6.07) is 17.0. The Morgan fingerprint density at radius 3 is 2.74 bits per heavy atom. The Balaban J connectivity index is 1.59. The Bertz CT molecular complexity index is 1290. The number of ether oxygens (including phenoxy) is 1. The minimum atomic E-state index is -0.546. The second kappa shape index (κ2) is 10.3. The number of aromatic nitrogens is 1. The third-order valence-electron chi connectivity index (χ3n) is 5.05. The van der Waals surface area contributed by atoms with Gasteiger partial charge in [0, 0.05) is 11.2 Å². The van der Waals surface area contributed by atoms with E-state index in [1.54, 1.807) is 61.5 Å². The lowest BCUT2D eigenvalue weighted by atomic mass is 10.1. The molecule has 172 valence electrons. The van der Waals surface area contributed by atoms with Gasteiger partial charge in [0.15, 0.2) is 5.82 Å². The van der Waals surface area contributed by atoms with Gasteiger partial charge in [-0.1, -0.05) is 35.9 Å². The second-order valence-corrected chi connectivity index (χ2v) is 7.82. The van der Waals surface area contributed by atoms with E-state index in [1.165, 1.54) is 11.1 Å². The fourth-order valence-corrected chi connectivity index (χ4v) is 3.73. The quantitative estimate of drug-likeness (QED) is 0.531. The highest BCUT2D eigenvalue weighted by Crippen LogP contribution is 2.31. The number of fused-ring (bicyclic) bond motifs is 1.